The highest BCUT2D eigenvalue weighted by Gasteiger charge is 2.10. The molecule has 0 bridgehead atoms. The molecule has 6 heteroatoms. The summed E-state index contributed by atoms with van der Waals surface area (Å²) in [6, 6.07) is 3.14. The topological polar surface area (TPSA) is 59.9 Å². The Kier molecular flexibility index (Phi) is 2.13. The predicted molar refractivity (Wildman–Crippen MR) is 52.6 cm³/mol. The van der Waals surface area contributed by atoms with E-state index in [1.165, 1.54) is 12.3 Å². The van der Waals surface area contributed by atoms with Crippen molar-refractivity contribution in [3.05, 3.63) is 30.7 Å². The van der Waals surface area contributed by atoms with Gasteiger partial charge in [-0.2, -0.15) is 0 Å². The Bertz CT molecular complexity index is 583. The van der Waals surface area contributed by atoms with E-state index in [4.69, 9.17) is 10.7 Å². The van der Waals surface area contributed by atoms with E-state index in [1.54, 1.807) is 18.5 Å². The quantitative estimate of drug-likeness (QED) is 0.695. The van der Waals surface area contributed by atoms with Crippen LogP contribution in [0.15, 0.2) is 35.6 Å². The maximum atomic E-state index is 11.0. The molecule has 14 heavy (non-hydrogen) atoms. The predicted octanol–water partition coefficient (Wildman–Crippen LogP) is 1.56. The number of hydrogen-bond acceptors (Lipinski definition) is 4. The Morgan fingerprint density at radius 2 is 2.07 bits per heavy atom. The van der Waals surface area contributed by atoms with E-state index in [2.05, 4.69) is 9.97 Å². The maximum absolute atomic E-state index is 11.0. The molecule has 0 saturated carbocycles. The Morgan fingerprint density at radius 1 is 1.29 bits per heavy atom. The minimum absolute atomic E-state index is 0.00198. The minimum Gasteiger partial charge on any atom is -0.262 e. The van der Waals surface area contributed by atoms with E-state index in [9.17, 15) is 8.42 Å². The summed E-state index contributed by atoms with van der Waals surface area (Å²) in [5, 5.41) is 0.696. The van der Waals surface area contributed by atoms with Crippen molar-refractivity contribution in [2.45, 2.75) is 4.90 Å². The molecule has 2 heterocycles. The standard InChI is InChI=1S/C8H5ClN2O2S/c9-14(12,13)7-3-6-1-2-10-5-8(6)11-4-7/h1-5H. The summed E-state index contributed by atoms with van der Waals surface area (Å²) >= 11 is 0. The lowest BCUT2D eigenvalue weighted by molar-refractivity contribution is 0.609. The highest BCUT2D eigenvalue weighted by Crippen LogP contribution is 2.18. The van der Waals surface area contributed by atoms with Crippen molar-refractivity contribution < 1.29 is 8.42 Å². The zero-order valence-electron chi connectivity index (χ0n) is 6.88. The van der Waals surface area contributed by atoms with Gasteiger partial charge in [0, 0.05) is 28.5 Å². The summed E-state index contributed by atoms with van der Waals surface area (Å²) in [5.41, 5.74) is 0.636. The first-order chi connectivity index (χ1) is 6.57. The van der Waals surface area contributed by atoms with E-state index in [0.29, 0.717) is 10.9 Å². The van der Waals surface area contributed by atoms with Gasteiger partial charge in [-0.15, -0.1) is 0 Å². The van der Waals surface area contributed by atoms with Crippen LogP contribution in [0.4, 0.5) is 0 Å². The number of hydrogen-bond donors (Lipinski definition) is 0. The van der Waals surface area contributed by atoms with Crippen LogP contribution in [0.2, 0.25) is 0 Å². The Morgan fingerprint density at radius 3 is 2.79 bits per heavy atom. The molecule has 0 aliphatic heterocycles. The third-order valence-electron chi connectivity index (χ3n) is 1.74. The Hall–Kier alpha value is -1.20. The molecule has 0 radical (unpaired) electrons. The molecule has 72 valence electrons. The van der Waals surface area contributed by atoms with E-state index in [0.717, 1.165) is 0 Å². The first-order valence-electron chi connectivity index (χ1n) is 3.72. The average Bonchev–Trinajstić information content (AvgIpc) is 2.16. The smallest absolute Gasteiger partial charge is 0.262 e. The Labute approximate surface area is 85.0 Å². The summed E-state index contributed by atoms with van der Waals surface area (Å²) in [6.45, 7) is 0. The number of rotatable bonds is 1. The lowest BCUT2D eigenvalue weighted by Gasteiger charge is -1.98. The summed E-state index contributed by atoms with van der Waals surface area (Å²) in [4.78, 5) is 7.78. The summed E-state index contributed by atoms with van der Waals surface area (Å²) < 4.78 is 22.0. The largest absolute Gasteiger partial charge is 0.262 e. The molecule has 0 atom stereocenters. The molecular weight excluding hydrogens is 224 g/mol. The summed E-state index contributed by atoms with van der Waals surface area (Å²) in [6.07, 6.45) is 4.33. The number of pyridine rings is 2. The van der Waals surface area contributed by atoms with Gasteiger partial charge in [-0.05, 0) is 12.1 Å². The van der Waals surface area contributed by atoms with Crippen LogP contribution in [0.5, 0.6) is 0 Å². The van der Waals surface area contributed by atoms with Crippen LogP contribution in [-0.2, 0) is 9.05 Å². The van der Waals surface area contributed by atoms with Crippen molar-refractivity contribution in [2.75, 3.05) is 0 Å². The molecule has 0 spiro atoms. The lowest BCUT2D eigenvalue weighted by atomic mass is 10.3. The van der Waals surface area contributed by atoms with Gasteiger partial charge in [0.1, 0.15) is 4.90 Å². The molecule has 0 aliphatic carbocycles. The second kappa shape index (κ2) is 3.18. The average molecular weight is 229 g/mol. The van der Waals surface area contributed by atoms with Crippen LogP contribution >= 0.6 is 10.7 Å². The van der Waals surface area contributed by atoms with Gasteiger partial charge in [0.25, 0.3) is 9.05 Å². The van der Waals surface area contributed by atoms with E-state index >= 15 is 0 Å². The first-order valence-corrected chi connectivity index (χ1v) is 6.03. The second-order valence-electron chi connectivity index (χ2n) is 2.68. The van der Waals surface area contributed by atoms with Gasteiger partial charge in [-0.3, -0.25) is 9.97 Å². The van der Waals surface area contributed by atoms with E-state index in [-0.39, 0.29) is 4.90 Å². The van der Waals surface area contributed by atoms with Gasteiger partial charge in [0.15, 0.2) is 0 Å². The van der Waals surface area contributed by atoms with Gasteiger partial charge in [-0.1, -0.05) is 0 Å². The van der Waals surface area contributed by atoms with Crippen molar-refractivity contribution in [1.82, 2.24) is 9.97 Å². The van der Waals surface area contributed by atoms with Crippen LogP contribution in [0, 0.1) is 0 Å². The molecule has 2 aromatic heterocycles. The van der Waals surface area contributed by atoms with Gasteiger partial charge < -0.3 is 0 Å². The molecule has 0 unspecified atom stereocenters. The van der Waals surface area contributed by atoms with Crippen molar-refractivity contribution >= 4 is 30.6 Å². The maximum Gasteiger partial charge on any atom is 0.262 e. The monoisotopic (exact) mass is 228 g/mol. The third-order valence-corrected chi connectivity index (χ3v) is 3.06. The van der Waals surface area contributed by atoms with Crippen LogP contribution in [-0.4, -0.2) is 18.4 Å². The van der Waals surface area contributed by atoms with E-state index < -0.39 is 9.05 Å². The zero-order valence-corrected chi connectivity index (χ0v) is 8.46. The van der Waals surface area contributed by atoms with Crippen molar-refractivity contribution in [3.63, 3.8) is 0 Å². The normalized spacial score (nSPS) is 11.8. The highest BCUT2D eigenvalue weighted by molar-refractivity contribution is 8.13. The van der Waals surface area contributed by atoms with Gasteiger partial charge in [0.2, 0.25) is 0 Å². The molecular formula is C8H5ClN2O2S. The van der Waals surface area contributed by atoms with Crippen LogP contribution in [0.25, 0.3) is 10.9 Å². The molecule has 0 aromatic carbocycles. The van der Waals surface area contributed by atoms with Gasteiger partial charge in [-0.25, -0.2) is 8.42 Å². The second-order valence-corrected chi connectivity index (χ2v) is 5.24. The molecule has 0 N–H and O–H groups in total. The van der Waals surface area contributed by atoms with Gasteiger partial charge in [0.05, 0.1) is 11.7 Å². The van der Waals surface area contributed by atoms with Crippen LogP contribution in [0.1, 0.15) is 0 Å². The number of aromatic nitrogens is 2. The molecule has 0 fully saturated rings. The highest BCUT2D eigenvalue weighted by atomic mass is 35.7. The molecule has 0 aliphatic rings. The Balaban J connectivity index is 2.75. The zero-order chi connectivity index (χ0) is 10.2. The summed E-state index contributed by atoms with van der Waals surface area (Å²) in [5.74, 6) is 0. The molecule has 0 amide bonds. The fourth-order valence-electron chi connectivity index (χ4n) is 1.08. The van der Waals surface area contributed by atoms with Crippen molar-refractivity contribution in [1.29, 1.82) is 0 Å². The fraction of sp³-hybridized carbons (Fsp3) is 0. The van der Waals surface area contributed by atoms with Crippen LogP contribution < -0.4 is 0 Å². The van der Waals surface area contributed by atoms with Crippen molar-refractivity contribution in [2.24, 2.45) is 0 Å². The minimum atomic E-state index is -3.70. The number of nitrogens with zero attached hydrogens (tertiary/aromatic N) is 2. The molecule has 0 saturated heterocycles. The number of halogens is 1. The number of fused-ring (bicyclic) bond motifs is 1. The van der Waals surface area contributed by atoms with Crippen molar-refractivity contribution in [3.8, 4) is 0 Å². The lowest BCUT2D eigenvalue weighted by Crippen LogP contribution is -1.92. The first kappa shape index (κ1) is 9.36. The van der Waals surface area contributed by atoms with Gasteiger partial charge >= 0.3 is 0 Å². The molecule has 2 rings (SSSR count). The molecule has 4 nitrogen and oxygen atoms in total. The third kappa shape index (κ3) is 1.69. The SMILES string of the molecule is O=S(=O)(Cl)c1cnc2cnccc2c1. The fourth-order valence-corrected chi connectivity index (χ4v) is 1.78. The van der Waals surface area contributed by atoms with Crippen LogP contribution in [0.3, 0.4) is 0 Å². The van der Waals surface area contributed by atoms with E-state index in [1.807, 2.05) is 0 Å². The summed E-state index contributed by atoms with van der Waals surface area (Å²) in [7, 11) is 1.47. The molecule has 2 aromatic rings.